The first-order chi connectivity index (χ1) is 11.9. The van der Waals surface area contributed by atoms with Gasteiger partial charge in [-0.3, -0.25) is 9.69 Å². The van der Waals surface area contributed by atoms with E-state index in [1.54, 1.807) is 0 Å². The van der Waals surface area contributed by atoms with Gasteiger partial charge in [-0.25, -0.2) is 0 Å². The number of alkyl halides is 3. The number of hydrogen-bond donors (Lipinski definition) is 0. The zero-order chi connectivity index (χ0) is 18.0. The molecule has 1 aromatic rings. The largest absolute Gasteiger partial charge is 0.469 e. The van der Waals surface area contributed by atoms with Crippen LogP contribution in [0.2, 0.25) is 0 Å². The Balaban J connectivity index is 1.62. The second kappa shape index (κ2) is 7.17. The lowest BCUT2D eigenvalue weighted by molar-refractivity contribution is -0.138. The van der Waals surface area contributed by atoms with Gasteiger partial charge in [0.05, 0.1) is 24.3 Å². The summed E-state index contributed by atoms with van der Waals surface area (Å²) < 4.78 is 44.5. The number of halogens is 3. The van der Waals surface area contributed by atoms with E-state index in [9.17, 15) is 18.0 Å². The van der Waals surface area contributed by atoms with Crippen molar-refractivity contribution in [1.82, 2.24) is 14.7 Å². The second-order valence-electron chi connectivity index (χ2n) is 5.97. The van der Waals surface area contributed by atoms with Crippen molar-refractivity contribution >= 4 is 23.3 Å². The van der Waals surface area contributed by atoms with Gasteiger partial charge in [-0.15, -0.1) is 0 Å². The van der Waals surface area contributed by atoms with Crippen LogP contribution in [0.4, 0.5) is 13.2 Å². The van der Waals surface area contributed by atoms with Crippen LogP contribution in [0.3, 0.4) is 0 Å². The molecule has 2 fully saturated rings. The lowest BCUT2D eigenvalue weighted by atomic mass is 10.1. The number of piperazine rings is 1. The van der Waals surface area contributed by atoms with E-state index in [1.165, 1.54) is 23.1 Å². The Bertz CT molecular complexity index is 660. The molecule has 9 heteroatoms. The topological polar surface area (TPSA) is 36.0 Å². The minimum absolute atomic E-state index is 0.294. The molecule has 1 amide bonds. The van der Waals surface area contributed by atoms with Gasteiger partial charge in [0.1, 0.15) is 6.61 Å². The maximum Gasteiger partial charge on any atom is 0.417 e. The molecule has 25 heavy (non-hydrogen) atoms. The number of carbonyl (C=O) groups excluding carboxylic acids is 1. The number of benzene rings is 1. The molecule has 0 aliphatic carbocycles. The normalized spacial score (nSPS) is 19.2. The van der Waals surface area contributed by atoms with Gasteiger partial charge in [-0.1, -0.05) is 12.1 Å². The van der Waals surface area contributed by atoms with Crippen molar-refractivity contribution in [1.29, 1.82) is 0 Å². The molecular formula is C16H18F3N3O2S. The predicted molar refractivity (Wildman–Crippen MR) is 89.0 cm³/mol. The Hall–Kier alpha value is -1.87. The monoisotopic (exact) mass is 373 g/mol. The molecule has 136 valence electrons. The van der Waals surface area contributed by atoms with Crippen LogP contribution >= 0.6 is 12.2 Å². The molecular weight excluding hydrogens is 355 g/mol. The van der Waals surface area contributed by atoms with Gasteiger partial charge in [0, 0.05) is 26.2 Å². The maximum atomic E-state index is 13.1. The van der Waals surface area contributed by atoms with Crippen LogP contribution in [0.25, 0.3) is 0 Å². The van der Waals surface area contributed by atoms with Gasteiger partial charge in [0.2, 0.25) is 0 Å². The minimum atomic E-state index is -4.54. The number of thiocarbonyl (C=S) groups is 1. The van der Waals surface area contributed by atoms with Crippen molar-refractivity contribution in [3.05, 3.63) is 35.4 Å². The van der Waals surface area contributed by atoms with Crippen molar-refractivity contribution in [2.24, 2.45) is 0 Å². The third-order valence-electron chi connectivity index (χ3n) is 4.34. The Morgan fingerprint density at radius 2 is 1.80 bits per heavy atom. The highest BCUT2D eigenvalue weighted by atomic mass is 32.1. The van der Waals surface area contributed by atoms with Crippen LogP contribution in [-0.4, -0.2) is 71.8 Å². The number of amides is 1. The van der Waals surface area contributed by atoms with E-state index in [0.29, 0.717) is 44.6 Å². The van der Waals surface area contributed by atoms with Crippen LogP contribution < -0.4 is 0 Å². The number of ether oxygens (including phenoxy) is 1. The molecule has 0 saturated carbocycles. The fourth-order valence-electron chi connectivity index (χ4n) is 2.98. The van der Waals surface area contributed by atoms with E-state index >= 15 is 0 Å². The predicted octanol–water partition coefficient (Wildman–Crippen LogP) is 2.04. The van der Waals surface area contributed by atoms with Crippen LogP contribution in [0.5, 0.6) is 0 Å². The summed E-state index contributed by atoms with van der Waals surface area (Å²) in [6.45, 7) is 3.85. The number of carbonyl (C=O) groups is 1. The van der Waals surface area contributed by atoms with Crippen molar-refractivity contribution < 1.29 is 22.7 Å². The highest BCUT2D eigenvalue weighted by Crippen LogP contribution is 2.32. The fraction of sp³-hybridized carbons (Fsp3) is 0.500. The van der Waals surface area contributed by atoms with Gasteiger partial charge in [-0.2, -0.15) is 13.2 Å². The molecule has 0 spiro atoms. The van der Waals surface area contributed by atoms with E-state index in [1.807, 2.05) is 4.90 Å². The molecule has 2 aliphatic rings. The quantitative estimate of drug-likeness (QED) is 0.758. The lowest BCUT2D eigenvalue weighted by Crippen LogP contribution is -2.51. The maximum absolute atomic E-state index is 13.1. The zero-order valence-corrected chi connectivity index (χ0v) is 14.3. The highest BCUT2D eigenvalue weighted by Gasteiger charge is 2.36. The SMILES string of the molecule is O=C(c1ccccc1C(F)(F)F)N1CCN(CN2CCOC2=S)CC1. The van der Waals surface area contributed by atoms with Crippen molar-refractivity contribution in [3.63, 3.8) is 0 Å². The first-order valence-electron chi connectivity index (χ1n) is 7.96. The Labute approximate surface area is 148 Å². The van der Waals surface area contributed by atoms with Gasteiger partial charge in [0.25, 0.3) is 11.1 Å². The molecule has 2 heterocycles. The molecule has 1 aromatic carbocycles. The van der Waals surface area contributed by atoms with Crippen molar-refractivity contribution in [3.8, 4) is 0 Å². The van der Waals surface area contributed by atoms with Gasteiger partial charge in [0.15, 0.2) is 0 Å². The van der Waals surface area contributed by atoms with Gasteiger partial charge < -0.3 is 14.5 Å². The summed E-state index contributed by atoms with van der Waals surface area (Å²) in [7, 11) is 0. The third kappa shape index (κ3) is 4.04. The Kier molecular flexibility index (Phi) is 5.14. The van der Waals surface area contributed by atoms with Crippen LogP contribution in [-0.2, 0) is 10.9 Å². The number of rotatable bonds is 3. The number of nitrogens with zero attached hydrogens (tertiary/aromatic N) is 3. The summed E-state index contributed by atoms with van der Waals surface area (Å²) in [5.41, 5.74) is -1.18. The van der Waals surface area contributed by atoms with E-state index < -0.39 is 17.6 Å². The van der Waals surface area contributed by atoms with Crippen molar-refractivity contribution in [2.45, 2.75) is 6.18 Å². The highest BCUT2D eigenvalue weighted by molar-refractivity contribution is 7.80. The van der Waals surface area contributed by atoms with E-state index in [0.717, 1.165) is 12.6 Å². The summed E-state index contributed by atoms with van der Waals surface area (Å²) in [6, 6.07) is 4.92. The molecule has 0 aromatic heterocycles. The molecule has 2 aliphatic heterocycles. The third-order valence-corrected chi connectivity index (χ3v) is 4.71. The van der Waals surface area contributed by atoms with Crippen LogP contribution in [0, 0.1) is 0 Å². The summed E-state index contributed by atoms with van der Waals surface area (Å²) in [6.07, 6.45) is -4.54. The summed E-state index contributed by atoms with van der Waals surface area (Å²) in [4.78, 5) is 18.0. The van der Waals surface area contributed by atoms with Gasteiger partial charge >= 0.3 is 6.18 Å². The standard InChI is InChI=1S/C16H18F3N3O2S/c17-16(18,19)13-4-2-1-3-12(13)14(23)21-7-5-20(6-8-21)11-22-9-10-24-15(22)25/h1-4H,5-11H2. The summed E-state index contributed by atoms with van der Waals surface area (Å²) >= 11 is 5.09. The van der Waals surface area contributed by atoms with Crippen LogP contribution in [0.1, 0.15) is 15.9 Å². The minimum Gasteiger partial charge on any atom is -0.469 e. The Morgan fingerprint density at radius 3 is 2.40 bits per heavy atom. The van der Waals surface area contributed by atoms with Crippen LogP contribution in [0.15, 0.2) is 24.3 Å². The van der Waals surface area contributed by atoms with Gasteiger partial charge in [-0.05, 0) is 24.4 Å². The van der Waals surface area contributed by atoms with E-state index in [-0.39, 0.29) is 5.56 Å². The Morgan fingerprint density at radius 1 is 1.12 bits per heavy atom. The molecule has 0 radical (unpaired) electrons. The van der Waals surface area contributed by atoms with E-state index in [2.05, 4.69) is 4.90 Å². The molecule has 0 unspecified atom stereocenters. The fourth-order valence-corrected chi connectivity index (χ4v) is 3.21. The molecule has 0 atom stereocenters. The number of hydrogen-bond acceptors (Lipinski definition) is 4. The molecule has 0 bridgehead atoms. The summed E-state index contributed by atoms with van der Waals surface area (Å²) in [5, 5.41) is 0.470. The smallest absolute Gasteiger partial charge is 0.417 e. The molecule has 3 rings (SSSR count). The second-order valence-corrected chi connectivity index (χ2v) is 6.32. The zero-order valence-electron chi connectivity index (χ0n) is 13.5. The molecule has 0 N–H and O–H groups in total. The summed E-state index contributed by atoms with van der Waals surface area (Å²) in [5.74, 6) is -0.576. The first-order valence-corrected chi connectivity index (χ1v) is 8.36. The first kappa shape index (κ1) is 17.9. The molecule has 2 saturated heterocycles. The van der Waals surface area contributed by atoms with Crippen molar-refractivity contribution in [2.75, 3.05) is 46.0 Å². The average molecular weight is 373 g/mol. The average Bonchev–Trinajstić information content (AvgIpc) is 2.99. The van der Waals surface area contributed by atoms with E-state index in [4.69, 9.17) is 17.0 Å². The molecule has 5 nitrogen and oxygen atoms in total. The lowest BCUT2D eigenvalue weighted by Gasteiger charge is -2.36.